The first kappa shape index (κ1) is 14.5. The molecule has 0 unspecified atom stereocenters. The average molecular weight is 263 g/mol. The van der Waals surface area contributed by atoms with Crippen LogP contribution in [0.4, 0.5) is 0 Å². The van der Waals surface area contributed by atoms with Crippen molar-refractivity contribution in [2.24, 2.45) is 0 Å². The molecule has 2 N–H and O–H groups in total. The largest absolute Gasteiger partial charge is 0.389 e. The zero-order valence-corrected chi connectivity index (χ0v) is 11.9. The first-order chi connectivity index (χ1) is 8.96. The van der Waals surface area contributed by atoms with Crippen molar-refractivity contribution in [1.82, 2.24) is 4.90 Å². The summed E-state index contributed by atoms with van der Waals surface area (Å²) in [6.07, 6.45) is 2.61. The molecular formula is C16H25NO2. The molecular weight excluding hydrogens is 238 g/mol. The van der Waals surface area contributed by atoms with Crippen LogP contribution >= 0.6 is 0 Å². The third kappa shape index (κ3) is 4.30. The maximum absolute atomic E-state index is 10.3. The lowest BCUT2D eigenvalue weighted by Crippen LogP contribution is -2.41. The minimum absolute atomic E-state index is 0.377. The second-order valence-electron chi connectivity index (χ2n) is 6.24. The van der Waals surface area contributed by atoms with E-state index in [0.717, 1.165) is 31.4 Å². The molecule has 1 aliphatic heterocycles. The van der Waals surface area contributed by atoms with E-state index >= 15 is 0 Å². The maximum Gasteiger partial charge on any atom is 0.0805 e. The van der Waals surface area contributed by atoms with Gasteiger partial charge in [0.15, 0.2) is 0 Å². The van der Waals surface area contributed by atoms with Gasteiger partial charge in [0.25, 0.3) is 0 Å². The van der Waals surface area contributed by atoms with Gasteiger partial charge in [-0.05, 0) is 45.2 Å². The van der Waals surface area contributed by atoms with E-state index in [1.54, 1.807) is 0 Å². The van der Waals surface area contributed by atoms with Crippen LogP contribution in [0.15, 0.2) is 30.3 Å². The molecule has 2 atom stereocenters. The third-order valence-electron chi connectivity index (χ3n) is 3.77. The van der Waals surface area contributed by atoms with Gasteiger partial charge in [0, 0.05) is 12.6 Å². The molecule has 0 saturated carbocycles. The van der Waals surface area contributed by atoms with Crippen molar-refractivity contribution in [2.75, 3.05) is 13.1 Å². The van der Waals surface area contributed by atoms with E-state index in [-0.39, 0.29) is 0 Å². The lowest BCUT2D eigenvalue weighted by Gasteiger charge is -2.31. The molecule has 1 aromatic carbocycles. The Bertz CT molecular complexity index is 385. The van der Waals surface area contributed by atoms with Gasteiger partial charge in [-0.3, -0.25) is 4.90 Å². The molecule has 0 radical (unpaired) electrons. The van der Waals surface area contributed by atoms with Crippen LogP contribution in [0, 0.1) is 0 Å². The van der Waals surface area contributed by atoms with Crippen molar-refractivity contribution < 1.29 is 10.2 Å². The molecule has 106 valence electrons. The van der Waals surface area contributed by atoms with E-state index in [4.69, 9.17) is 0 Å². The first-order valence-corrected chi connectivity index (χ1v) is 7.15. The molecule has 2 rings (SSSR count). The molecule has 0 amide bonds. The smallest absolute Gasteiger partial charge is 0.0805 e. The van der Waals surface area contributed by atoms with Crippen LogP contribution in [0.1, 0.15) is 44.8 Å². The molecule has 3 heteroatoms. The molecule has 0 bridgehead atoms. The van der Waals surface area contributed by atoms with Crippen molar-refractivity contribution in [3.05, 3.63) is 35.9 Å². The van der Waals surface area contributed by atoms with Gasteiger partial charge in [0.05, 0.1) is 11.7 Å². The molecule has 1 aromatic rings. The minimum atomic E-state index is -0.666. The quantitative estimate of drug-likeness (QED) is 0.857. The van der Waals surface area contributed by atoms with Gasteiger partial charge in [0.2, 0.25) is 0 Å². The molecule has 0 aliphatic carbocycles. The summed E-state index contributed by atoms with van der Waals surface area (Å²) in [5.41, 5.74) is 0.318. The predicted molar refractivity (Wildman–Crippen MR) is 76.9 cm³/mol. The van der Waals surface area contributed by atoms with Gasteiger partial charge in [-0.25, -0.2) is 0 Å². The number of benzene rings is 1. The van der Waals surface area contributed by atoms with Crippen LogP contribution in [-0.2, 0) is 0 Å². The Morgan fingerprint density at radius 2 is 2.00 bits per heavy atom. The van der Waals surface area contributed by atoms with Crippen molar-refractivity contribution >= 4 is 0 Å². The first-order valence-electron chi connectivity index (χ1n) is 7.15. The van der Waals surface area contributed by atoms with E-state index < -0.39 is 11.7 Å². The van der Waals surface area contributed by atoms with Crippen LogP contribution in [0.2, 0.25) is 0 Å². The Hall–Kier alpha value is -0.900. The number of nitrogens with zero attached hydrogens (tertiary/aromatic N) is 1. The molecule has 0 aromatic heterocycles. The second-order valence-corrected chi connectivity index (χ2v) is 6.24. The van der Waals surface area contributed by atoms with E-state index in [0.29, 0.717) is 12.6 Å². The lowest BCUT2D eigenvalue weighted by atomic mass is 9.99. The Morgan fingerprint density at radius 1 is 1.32 bits per heavy atom. The van der Waals surface area contributed by atoms with E-state index in [1.807, 2.05) is 44.2 Å². The van der Waals surface area contributed by atoms with Crippen molar-refractivity contribution in [2.45, 2.75) is 50.9 Å². The van der Waals surface area contributed by atoms with Gasteiger partial charge in [-0.1, -0.05) is 30.3 Å². The summed E-state index contributed by atoms with van der Waals surface area (Å²) in [5, 5.41) is 20.3. The highest BCUT2D eigenvalue weighted by Crippen LogP contribution is 2.28. The molecule has 1 fully saturated rings. The highest BCUT2D eigenvalue weighted by molar-refractivity contribution is 5.17. The summed E-state index contributed by atoms with van der Waals surface area (Å²) >= 11 is 0. The zero-order valence-electron chi connectivity index (χ0n) is 11.9. The Morgan fingerprint density at radius 3 is 2.63 bits per heavy atom. The van der Waals surface area contributed by atoms with Crippen LogP contribution in [0.3, 0.4) is 0 Å². The zero-order chi connectivity index (χ0) is 13.9. The summed E-state index contributed by atoms with van der Waals surface area (Å²) in [7, 11) is 0. The second kappa shape index (κ2) is 6.04. The number of rotatable bonds is 5. The van der Waals surface area contributed by atoms with Crippen LogP contribution in [0.5, 0.6) is 0 Å². The number of β-amino-alcohol motifs (C(OH)–C–C–N with tert-alkyl or cyclic N) is 1. The van der Waals surface area contributed by atoms with Gasteiger partial charge in [-0.2, -0.15) is 0 Å². The van der Waals surface area contributed by atoms with E-state index in [1.165, 1.54) is 0 Å². The van der Waals surface area contributed by atoms with Crippen molar-refractivity contribution in [3.63, 3.8) is 0 Å². The van der Waals surface area contributed by atoms with Crippen molar-refractivity contribution in [1.29, 1.82) is 0 Å². The van der Waals surface area contributed by atoms with Crippen LogP contribution in [-0.4, -0.2) is 39.8 Å². The summed E-state index contributed by atoms with van der Waals surface area (Å²) < 4.78 is 0. The average Bonchev–Trinajstić information content (AvgIpc) is 2.75. The lowest BCUT2D eigenvalue weighted by molar-refractivity contribution is 0.0227. The number of hydrogen-bond donors (Lipinski definition) is 2. The summed E-state index contributed by atoms with van der Waals surface area (Å²) in [6, 6.07) is 10.2. The molecule has 1 saturated heterocycles. The highest BCUT2D eigenvalue weighted by atomic mass is 16.3. The minimum Gasteiger partial charge on any atom is -0.389 e. The topological polar surface area (TPSA) is 43.7 Å². The number of likely N-dealkylation sites (tertiary alicyclic amines) is 1. The predicted octanol–water partition coefficient (Wildman–Crippen LogP) is 2.35. The molecule has 1 aliphatic rings. The Balaban J connectivity index is 1.94. The fraction of sp³-hybridized carbons (Fsp3) is 0.625. The maximum atomic E-state index is 10.3. The Labute approximate surface area is 115 Å². The van der Waals surface area contributed by atoms with Crippen molar-refractivity contribution in [3.8, 4) is 0 Å². The Kier molecular flexibility index (Phi) is 4.61. The highest BCUT2D eigenvalue weighted by Gasteiger charge is 2.30. The summed E-state index contributed by atoms with van der Waals surface area (Å²) in [5.74, 6) is 0. The molecule has 0 spiro atoms. The summed E-state index contributed by atoms with van der Waals surface area (Å²) in [6.45, 7) is 5.39. The van der Waals surface area contributed by atoms with Crippen LogP contribution in [0.25, 0.3) is 0 Å². The van der Waals surface area contributed by atoms with Gasteiger partial charge in [-0.15, -0.1) is 0 Å². The van der Waals surface area contributed by atoms with Crippen LogP contribution < -0.4 is 0 Å². The van der Waals surface area contributed by atoms with E-state index in [2.05, 4.69) is 4.90 Å². The van der Waals surface area contributed by atoms with E-state index in [9.17, 15) is 10.2 Å². The fourth-order valence-corrected chi connectivity index (χ4v) is 2.94. The number of aliphatic hydroxyl groups excluding tert-OH is 1. The number of aliphatic hydroxyl groups is 2. The fourth-order valence-electron chi connectivity index (χ4n) is 2.94. The number of hydrogen-bond acceptors (Lipinski definition) is 3. The SMILES string of the molecule is CC(C)(O)CN1CCC[C@@H]1C[C@H](O)c1ccccc1. The van der Waals surface area contributed by atoms with Gasteiger partial charge >= 0.3 is 0 Å². The molecule has 3 nitrogen and oxygen atoms in total. The molecule has 19 heavy (non-hydrogen) atoms. The summed E-state index contributed by atoms with van der Waals surface area (Å²) in [4.78, 5) is 2.31. The standard InChI is InChI=1S/C16H25NO2/c1-16(2,19)12-17-10-6-9-14(17)11-15(18)13-7-4-3-5-8-13/h3-5,7-8,14-15,18-19H,6,9-12H2,1-2H3/t14-,15+/m1/s1. The molecule has 1 heterocycles. The van der Waals surface area contributed by atoms with Gasteiger partial charge in [0.1, 0.15) is 0 Å². The monoisotopic (exact) mass is 263 g/mol. The van der Waals surface area contributed by atoms with Gasteiger partial charge < -0.3 is 10.2 Å². The normalized spacial score (nSPS) is 22.6. The third-order valence-corrected chi connectivity index (χ3v) is 3.77.